The molecule has 0 spiro atoms. The van der Waals surface area contributed by atoms with Gasteiger partial charge in [-0.25, -0.2) is 0 Å². The maximum atomic E-state index is 10.8. The fourth-order valence-corrected chi connectivity index (χ4v) is 20.5. The number of aliphatic hydroxyl groups excluding tert-OH is 1. The van der Waals surface area contributed by atoms with Crippen molar-refractivity contribution in [1.29, 1.82) is 0 Å². The Bertz CT molecular complexity index is 715. The third-order valence-corrected chi connectivity index (χ3v) is 26.3. The van der Waals surface area contributed by atoms with Gasteiger partial charge in [-0.05, 0) is 0 Å². The SMILES string of the molecule is CC1(C)O[C@H]2O[C@H]([CH2][Sn]([I])([c]3ccccc3)[c]3ccccc3)[C@H](O)[C@H]2O1. The van der Waals surface area contributed by atoms with Gasteiger partial charge in [-0.2, -0.15) is 0 Å². The summed E-state index contributed by atoms with van der Waals surface area (Å²) in [5, 5.41) is 10.8. The summed E-state index contributed by atoms with van der Waals surface area (Å²) in [6, 6.07) is 21.3. The molecule has 1 N–H and O–H groups in total. The van der Waals surface area contributed by atoms with E-state index in [1.807, 2.05) is 26.0 Å². The van der Waals surface area contributed by atoms with E-state index in [2.05, 4.69) is 67.2 Å². The van der Waals surface area contributed by atoms with E-state index in [-0.39, 0.29) is 6.10 Å². The van der Waals surface area contributed by atoms with Crippen LogP contribution in [0.1, 0.15) is 13.8 Å². The van der Waals surface area contributed by atoms with E-state index in [1.54, 1.807) is 0 Å². The Morgan fingerprint density at radius 3 is 2.00 bits per heavy atom. The van der Waals surface area contributed by atoms with Crippen molar-refractivity contribution < 1.29 is 19.3 Å². The molecule has 0 aliphatic carbocycles. The minimum absolute atomic E-state index is 0.269. The number of aliphatic hydroxyl groups is 1. The van der Waals surface area contributed by atoms with Crippen molar-refractivity contribution in [2.45, 2.75) is 48.7 Å². The Hall–Kier alpha value is -0.191. The van der Waals surface area contributed by atoms with Crippen LogP contribution in [0, 0.1) is 0 Å². The van der Waals surface area contributed by atoms with Gasteiger partial charge in [0.1, 0.15) is 0 Å². The van der Waals surface area contributed by atoms with E-state index in [0.29, 0.717) is 0 Å². The second kappa shape index (κ2) is 7.33. The first-order chi connectivity index (χ1) is 12.4. The molecule has 2 aliphatic heterocycles. The summed E-state index contributed by atoms with van der Waals surface area (Å²) in [7, 11) is 0. The second-order valence-corrected chi connectivity index (χ2v) is 28.8. The summed E-state index contributed by atoms with van der Waals surface area (Å²) in [5.41, 5.74) is 0. The molecule has 4 rings (SSSR count). The zero-order chi connectivity index (χ0) is 18.4. The van der Waals surface area contributed by atoms with Crippen molar-refractivity contribution in [3.63, 3.8) is 0 Å². The quantitative estimate of drug-likeness (QED) is 0.452. The first-order valence-electron chi connectivity index (χ1n) is 8.88. The molecule has 2 aromatic rings. The van der Waals surface area contributed by atoms with Crippen LogP contribution < -0.4 is 7.16 Å². The van der Waals surface area contributed by atoms with Gasteiger partial charge in [0.2, 0.25) is 0 Å². The summed E-state index contributed by atoms with van der Waals surface area (Å²) >= 11 is -0.345. The fourth-order valence-electron chi connectivity index (χ4n) is 3.81. The Morgan fingerprint density at radius 2 is 1.50 bits per heavy atom. The number of benzene rings is 2. The first-order valence-corrected chi connectivity index (χ1v) is 22.1. The van der Waals surface area contributed by atoms with Crippen LogP contribution in [0.25, 0.3) is 0 Å². The number of ether oxygens (including phenoxy) is 3. The predicted octanol–water partition coefficient (Wildman–Crippen LogP) is 2.42. The Labute approximate surface area is 167 Å². The van der Waals surface area contributed by atoms with Crippen LogP contribution in [0.5, 0.6) is 0 Å². The van der Waals surface area contributed by atoms with Gasteiger partial charge < -0.3 is 0 Å². The van der Waals surface area contributed by atoms with Gasteiger partial charge in [-0.1, -0.05) is 0 Å². The van der Waals surface area contributed by atoms with E-state index in [9.17, 15) is 5.11 Å². The molecule has 4 nitrogen and oxygen atoms in total. The Balaban J connectivity index is 1.63. The van der Waals surface area contributed by atoms with Crippen LogP contribution in [0.15, 0.2) is 60.7 Å². The van der Waals surface area contributed by atoms with Crippen molar-refractivity contribution in [2.24, 2.45) is 0 Å². The number of fused-ring (bicyclic) bond motifs is 1. The number of hydrogen-bond donors (Lipinski definition) is 1. The Kier molecular flexibility index (Phi) is 5.39. The van der Waals surface area contributed by atoms with E-state index >= 15 is 0 Å². The molecule has 26 heavy (non-hydrogen) atoms. The van der Waals surface area contributed by atoms with Gasteiger partial charge in [0.15, 0.2) is 0 Å². The van der Waals surface area contributed by atoms with Crippen LogP contribution in [-0.4, -0.2) is 49.9 Å². The molecule has 0 bridgehead atoms. The van der Waals surface area contributed by atoms with Crippen molar-refractivity contribution in [2.75, 3.05) is 0 Å². The number of rotatable bonds is 4. The molecular formula is C20H23IO4Sn. The van der Waals surface area contributed by atoms with Crippen LogP contribution in [0.3, 0.4) is 0 Å². The normalized spacial score (nSPS) is 30.3. The van der Waals surface area contributed by atoms with Crippen LogP contribution >= 0.6 is 18.6 Å². The molecule has 2 fully saturated rings. The van der Waals surface area contributed by atoms with E-state index in [4.69, 9.17) is 14.2 Å². The van der Waals surface area contributed by atoms with Crippen LogP contribution in [0.2, 0.25) is 4.44 Å². The minimum atomic E-state index is -3.04. The molecule has 0 amide bonds. The van der Waals surface area contributed by atoms with Crippen LogP contribution in [-0.2, 0) is 14.2 Å². The maximum absolute atomic E-state index is 10.8. The molecule has 2 saturated heterocycles. The van der Waals surface area contributed by atoms with Crippen LogP contribution in [0.4, 0.5) is 0 Å². The summed E-state index contributed by atoms with van der Waals surface area (Å²) in [6.45, 7) is 3.71. The Morgan fingerprint density at radius 1 is 0.962 bits per heavy atom. The van der Waals surface area contributed by atoms with Gasteiger partial charge in [0.05, 0.1) is 0 Å². The first kappa shape index (κ1) is 19.1. The van der Waals surface area contributed by atoms with Crippen molar-refractivity contribution in [1.82, 2.24) is 0 Å². The molecule has 6 heteroatoms. The zero-order valence-corrected chi connectivity index (χ0v) is 19.9. The third kappa shape index (κ3) is 3.58. The predicted molar refractivity (Wildman–Crippen MR) is 111 cm³/mol. The molecule has 2 aliphatic rings. The van der Waals surface area contributed by atoms with Gasteiger partial charge in [-0.3, -0.25) is 0 Å². The molecule has 0 radical (unpaired) electrons. The molecule has 0 aromatic heterocycles. The molecule has 0 unspecified atom stereocenters. The standard InChI is InChI=1S/C8H13O4.2C6H5.HI.Sn/c1-4-5(9)6-7(10-4)12-8(2,3)11-6;2*1-2-4-6-5-3-1;;/h4-7,9H,1H2,2-3H3;2*1-5H;1H;/q;;;;+1/p-1/t4-,5+,6-,7-;;;;/m1..../s1. The molecule has 4 atom stereocenters. The third-order valence-electron chi connectivity index (χ3n) is 5.06. The summed E-state index contributed by atoms with van der Waals surface area (Å²) < 4.78 is 21.4. The van der Waals surface area contributed by atoms with E-state index < -0.39 is 38.7 Å². The van der Waals surface area contributed by atoms with E-state index in [0.717, 1.165) is 4.44 Å². The molecule has 2 aromatic carbocycles. The molecule has 2 heterocycles. The average molecular weight is 573 g/mol. The zero-order valence-electron chi connectivity index (χ0n) is 14.8. The van der Waals surface area contributed by atoms with E-state index in [1.165, 1.54) is 7.16 Å². The van der Waals surface area contributed by atoms with Crippen molar-refractivity contribution in [3.8, 4) is 0 Å². The van der Waals surface area contributed by atoms with Crippen molar-refractivity contribution >= 4 is 40.2 Å². The van der Waals surface area contributed by atoms with Crippen molar-refractivity contribution in [3.05, 3.63) is 60.7 Å². The molecule has 138 valence electrons. The topological polar surface area (TPSA) is 47.9 Å². The molecular weight excluding hydrogens is 550 g/mol. The monoisotopic (exact) mass is 574 g/mol. The molecule has 0 saturated carbocycles. The number of hydrogen-bond acceptors (Lipinski definition) is 4. The van der Waals surface area contributed by atoms with Gasteiger partial charge >= 0.3 is 169 Å². The van der Waals surface area contributed by atoms with Gasteiger partial charge in [-0.15, -0.1) is 0 Å². The summed E-state index contributed by atoms with van der Waals surface area (Å²) in [6.07, 6.45) is -1.83. The summed E-state index contributed by atoms with van der Waals surface area (Å²) in [5.74, 6) is -0.704. The summed E-state index contributed by atoms with van der Waals surface area (Å²) in [4.78, 5) is 0. The van der Waals surface area contributed by atoms with Gasteiger partial charge in [0.25, 0.3) is 0 Å². The second-order valence-electron chi connectivity index (χ2n) is 7.37. The number of halogens is 1. The average Bonchev–Trinajstić information content (AvgIpc) is 3.09. The van der Waals surface area contributed by atoms with Gasteiger partial charge in [0, 0.05) is 0 Å². The fraction of sp³-hybridized carbons (Fsp3) is 0.400.